The van der Waals surface area contributed by atoms with Gasteiger partial charge < -0.3 is 9.47 Å². The molecule has 1 aliphatic heterocycles. The van der Waals surface area contributed by atoms with Crippen molar-refractivity contribution < 1.29 is 4.92 Å². The Morgan fingerprint density at radius 3 is 2.95 bits per heavy atom. The third kappa shape index (κ3) is 2.27. The van der Waals surface area contributed by atoms with Crippen molar-refractivity contribution in [3.05, 3.63) is 44.0 Å². The normalized spacial score (nSPS) is 14.3. The van der Waals surface area contributed by atoms with E-state index in [2.05, 4.69) is 15.1 Å². The molecule has 0 aliphatic carbocycles. The van der Waals surface area contributed by atoms with E-state index in [4.69, 9.17) is 0 Å². The van der Waals surface area contributed by atoms with E-state index in [0.717, 1.165) is 24.6 Å². The van der Waals surface area contributed by atoms with Crippen LogP contribution in [-0.2, 0) is 13.1 Å². The molecule has 0 N–H and O–H groups in total. The molecule has 0 saturated carbocycles. The molecule has 1 aromatic carbocycles. The Labute approximate surface area is 122 Å². The topological polar surface area (TPSA) is 77.1 Å². The molecule has 0 atom stereocenters. The summed E-state index contributed by atoms with van der Waals surface area (Å²) in [5.74, 6) is 0.916. The van der Waals surface area contributed by atoms with Crippen LogP contribution < -0.4 is 4.90 Å². The highest BCUT2D eigenvalue weighted by Gasteiger charge is 2.20. The Bertz CT molecular complexity index is 642. The zero-order chi connectivity index (χ0) is 13.4. The van der Waals surface area contributed by atoms with E-state index in [9.17, 15) is 10.1 Å². The number of nitro benzene ring substituents is 1. The van der Waals surface area contributed by atoms with Gasteiger partial charge in [-0.15, -0.1) is 10.2 Å². The molecule has 1 aromatic heterocycles. The molecule has 2 heterocycles. The Morgan fingerprint density at radius 1 is 1.37 bits per heavy atom. The number of hydrogen-bond acceptors (Lipinski definition) is 5. The molecule has 19 heavy (non-hydrogen) atoms. The van der Waals surface area contributed by atoms with E-state index in [0.29, 0.717) is 10.1 Å². The molecule has 7 nitrogen and oxygen atoms in total. The summed E-state index contributed by atoms with van der Waals surface area (Å²) in [4.78, 5) is 12.6. The summed E-state index contributed by atoms with van der Waals surface area (Å²) in [6, 6.07) is 5.17. The average molecular weight is 371 g/mol. The van der Waals surface area contributed by atoms with Crippen LogP contribution in [0, 0.1) is 13.7 Å². The van der Waals surface area contributed by atoms with Gasteiger partial charge in [-0.1, -0.05) is 0 Å². The smallest absolute Gasteiger partial charge is 0.282 e. The summed E-state index contributed by atoms with van der Waals surface area (Å²) in [7, 11) is 0. The first-order valence-electron chi connectivity index (χ1n) is 5.71. The lowest BCUT2D eigenvalue weighted by atomic mass is 10.2. The predicted molar refractivity (Wildman–Crippen MR) is 76.9 cm³/mol. The minimum absolute atomic E-state index is 0.143. The van der Waals surface area contributed by atoms with Gasteiger partial charge in [0.15, 0.2) is 5.82 Å². The second kappa shape index (κ2) is 4.76. The van der Waals surface area contributed by atoms with E-state index in [1.54, 1.807) is 18.5 Å². The standard InChI is InChI=1S/C11H10IN5O2/c12-9-5-8(1-2-10(9)17(18)19)15-3-4-16-7-13-14-11(16)6-15/h1-2,5,7H,3-4,6H2. The zero-order valence-electron chi connectivity index (χ0n) is 9.86. The van der Waals surface area contributed by atoms with Crippen LogP contribution in [0.4, 0.5) is 11.4 Å². The first kappa shape index (κ1) is 12.3. The van der Waals surface area contributed by atoms with Gasteiger partial charge in [0.05, 0.1) is 15.0 Å². The first-order valence-corrected chi connectivity index (χ1v) is 6.78. The Morgan fingerprint density at radius 2 is 2.21 bits per heavy atom. The summed E-state index contributed by atoms with van der Waals surface area (Å²) >= 11 is 1.99. The minimum atomic E-state index is -0.363. The fourth-order valence-corrected chi connectivity index (χ4v) is 2.82. The number of nitro groups is 1. The highest BCUT2D eigenvalue weighted by atomic mass is 127. The molecule has 0 saturated heterocycles. The van der Waals surface area contributed by atoms with Gasteiger partial charge in [0.2, 0.25) is 0 Å². The highest BCUT2D eigenvalue weighted by molar-refractivity contribution is 14.1. The van der Waals surface area contributed by atoms with Gasteiger partial charge in [-0.25, -0.2) is 0 Å². The van der Waals surface area contributed by atoms with E-state index < -0.39 is 0 Å². The van der Waals surface area contributed by atoms with Crippen LogP contribution >= 0.6 is 22.6 Å². The quantitative estimate of drug-likeness (QED) is 0.457. The largest absolute Gasteiger partial charge is 0.362 e. The van der Waals surface area contributed by atoms with Crippen molar-refractivity contribution in [1.82, 2.24) is 14.8 Å². The number of rotatable bonds is 2. The maximum absolute atomic E-state index is 10.8. The fourth-order valence-electron chi connectivity index (χ4n) is 2.13. The van der Waals surface area contributed by atoms with Crippen LogP contribution in [0.3, 0.4) is 0 Å². The van der Waals surface area contributed by atoms with Crippen LogP contribution in [0.5, 0.6) is 0 Å². The van der Waals surface area contributed by atoms with Gasteiger partial charge in [0, 0.05) is 24.8 Å². The monoisotopic (exact) mass is 371 g/mol. The van der Waals surface area contributed by atoms with Gasteiger partial charge >= 0.3 is 0 Å². The van der Waals surface area contributed by atoms with Crippen LogP contribution in [0.25, 0.3) is 0 Å². The summed E-state index contributed by atoms with van der Waals surface area (Å²) in [6.45, 7) is 2.35. The van der Waals surface area contributed by atoms with Gasteiger partial charge in [0.1, 0.15) is 6.33 Å². The molecule has 0 radical (unpaired) electrons. The van der Waals surface area contributed by atoms with Gasteiger partial charge in [-0.05, 0) is 34.7 Å². The molecule has 3 rings (SSSR count). The number of benzene rings is 1. The van der Waals surface area contributed by atoms with E-state index in [1.807, 2.05) is 33.2 Å². The number of aromatic nitrogens is 3. The lowest BCUT2D eigenvalue weighted by Gasteiger charge is -2.29. The second-order valence-electron chi connectivity index (χ2n) is 4.25. The molecule has 2 aromatic rings. The number of hydrogen-bond donors (Lipinski definition) is 0. The molecule has 8 heteroatoms. The maximum Gasteiger partial charge on any atom is 0.282 e. The molecule has 0 bridgehead atoms. The molecular weight excluding hydrogens is 361 g/mol. The van der Waals surface area contributed by atoms with Crippen molar-refractivity contribution in [2.45, 2.75) is 13.1 Å². The third-order valence-corrected chi connectivity index (χ3v) is 4.00. The van der Waals surface area contributed by atoms with Crippen molar-refractivity contribution in [3.63, 3.8) is 0 Å². The third-order valence-electron chi connectivity index (χ3n) is 3.13. The van der Waals surface area contributed by atoms with E-state index >= 15 is 0 Å². The summed E-state index contributed by atoms with van der Waals surface area (Å²) in [6.07, 6.45) is 1.73. The van der Waals surface area contributed by atoms with E-state index in [1.165, 1.54) is 0 Å². The zero-order valence-corrected chi connectivity index (χ0v) is 12.0. The Balaban J connectivity index is 1.88. The van der Waals surface area contributed by atoms with Crippen LogP contribution in [0.15, 0.2) is 24.5 Å². The van der Waals surface area contributed by atoms with Gasteiger partial charge in [-0.2, -0.15) is 0 Å². The second-order valence-corrected chi connectivity index (χ2v) is 5.42. The minimum Gasteiger partial charge on any atom is -0.362 e. The number of anilines is 1. The fraction of sp³-hybridized carbons (Fsp3) is 0.273. The Hall–Kier alpha value is -1.71. The van der Waals surface area contributed by atoms with Crippen molar-refractivity contribution in [2.75, 3.05) is 11.4 Å². The Kier molecular flexibility index (Phi) is 3.09. The summed E-state index contributed by atoms with van der Waals surface area (Å²) in [5.41, 5.74) is 1.12. The molecule has 0 amide bonds. The average Bonchev–Trinajstić information content (AvgIpc) is 2.85. The summed E-state index contributed by atoms with van der Waals surface area (Å²) in [5, 5.41) is 18.7. The van der Waals surface area contributed by atoms with Crippen molar-refractivity contribution in [2.24, 2.45) is 0 Å². The molecule has 0 fully saturated rings. The molecule has 1 aliphatic rings. The van der Waals surface area contributed by atoms with Crippen molar-refractivity contribution in [3.8, 4) is 0 Å². The first-order chi connectivity index (χ1) is 9.15. The lowest BCUT2D eigenvalue weighted by Crippen LogP contribution is -2.33. The van der Waals surface area contributed by atoms with Crippen LogP contribution in [0.1, 0.15) is 5.82 Å². The highest BCUT2D eigenvalue weighted by Crippen LogP contribution is 2.27. The lowest BCUT2D eigenvalue weighted by molar-refractivity contribution is -0.385. The van der Waals surface area contributed by atoms with E-state index in [-0.39, 0.29) is 10.6 Å². The molecular formula is C11H10IN5O2. The molecule has 98 valence electrons. The number of halogens is 1. The van der Waals surface area contributed by atoms with Crippen LogP contribution in [0.2, 0.25) is 0 Å². The van der Waals surface area contributed by atoms with Crippen LogP contribution in [-0.4, -0.2) is 26.2 Å². The molecule has 0 spiro atoms. The maximum atomic E-state index is 10.8. The molecule has 0 unspecified atom stereocenters. The number of fused-ring (bicyclic) bond motifs is 1. The van der Waals surface area contributed by atoms with Gasteiger partial charge in [-0.3, -0.25) is 10.1 Å². The summed E-state index contributed by atoms with van der Waals surface area (Å²) < 4.78 is 2.67. The number of nitrogens with zero attached hydrogens (tertiary/aromatic N) is 5. The van der Waals surface area contributed by atoms with Crippen molar-refractivity contribution >= 4 is 34.0 Å². The SMILES string of the molecule is O=[N+]([O-])c1ccc(N2CCn3cnnc3C2)cc1I. The predicted octanol–water partition coefficient (Wildman–Crippen LogP) is 1.81. The van der Waals surface area contributed by atoms with Gasteiger partial charge in [0.25, 0.3) is 5.69 Å². The van der Waals surface area contributed by atoms with Crippen molar-refractivity contribution in [1.29, 1.82) is 0 Å².